The number of terminal acetylenes is 2. The van der Waals surface area contributed by atoms with Crippen molar-refractivity contribution in [1.82, 2.24) is 0 Å². The Bertz CT molecular complexity index is 2410. The Morgan fingerprint density at radius 1 is 0.592 bits per heavy atom. The van der Waals surface area contributed by atoms with E-state index >= 15 is 0 Å². The number of benzene rings is 4. The summed E-state index contributed by atoms with van der Waals surface area (Å²) < 4.78 is 20.8. The van der Waals surface area contributed by atoms with Crippen molar-refractivity contribution in [3.8, 4) is 24.7 Å². The fraction of sp³-hybridized carbons (Fsp3) is 0.440. The molecule has 4 fully saturated rings. The highest BCUT2D eigenvalue weighted by atomic mass is 35.5. The lowest BCUT2D eigenvalue weighted by atomic mass is 9.98. The first-order chi connectivity index (χ1) is 34.3. The molecule has 1 unspecified atom stereocenters. The highest BCUT2D eigenvalue weighted by molar-refractivity contribution is 6.30. The molecule has 21 heteroatoms. The number of hydrogen-bond acceptors (Lipinski definition) is 16. The molecule has 0 aliphatic carbocycles. The smallest absolute Gasteiger partial charge is 0.273 e. The molecule has 4 saturated heterocycles. The van der Waals surface area contributed by atoms with E-state index in [0.29, 0.717) is 67.7 Å². The van der Waals surface area contributed by atoms with Gasteiger partial charge in [-0.25, -0.2) is 0 Å². The van der Waals surface area contributed by atoms with Gasteiger partial charge in [0.05, 0.1) is 54.4 Å². The number of nitrogens with two attached hydrogens (primary N) is 3. The quantitative estimate of drug-likeness (QED) is 0.0494. The molecule has 8 rings (SSSR count). The van der Waals surface area contributed by atoms with E-state index in [1.165, 1.54) is 30.0 Å². The summed E-state index contributed by atoms with van der Waals surface area (Å²) in [7, 11) is 5.31. The monoisotopic (exact) mass is 995 g/mol. The van der Waals surface area contributed by atoms with Crippen molar-refractivity contribution >= 4 is 59.3 Å². The predicted octanol–water partition coefficient (Wildman–Crippen LogP) is 5.86. The summed E-state index contributed by atoms with van der Waals surface area (Å²) in [6.45, 7) is 11.4. The van der Waals surface area contributed by atoms with Crippen LogP contribution in [0.5, 0.6) is 0 Å². The molecular formula is C50H63BClN9O10. The van der Waals surface area contributed by atoms with E-state index in [9.17, 15) is 30.3 Å². The SMILES string of the molecule is C#CCc1cc(Cl)ccc1[N+](=O)[O-].C#CCc1cc(N2CCOCC2)ccc1[N+](=O)[O-].NCCc1cc(N2CCOCC2)ccc1N.NCCc1cc(N2CCOCC2)ccc1[N+](=O)[O-].[B]C1CCCO1. The highest BCUT2D eigenvalue weighted by Crippen LogP contribution is 2.28. The second kappa shape index (κ2) is 31.0. The predicted molar refractivity (Wildman–Crippen MR) is 280 cm³/mol. The number of nitrogen functional groups attached to an aromatic ring is 1. The molecule has 6 N–H and O–H groups in total. The zero-order valence-corrected chi connectivity index (χ0v) is 40.7. The van der Waals surface area contributed by atoms with Gasteiger partial charge in [-0.3, -0.25) is 30.3 Å². The lowest BCUT2D eigenvalue weighted by molar-refractivity contribution is -0.385. The molecule has 4 heterocycles. The van der Waals surface area contributed by atoms with Crippen LogP contribution in [0.25, 0.3) is 0 Å². The third-order valence-corrected chi connectivity index (χ3v) is 11.6. The van der Waals surface area contributed by atoms with Crippen molar-refractivity contribution in [3.05, 3.63) is 130 Å². The topological polar surface area (TPSA) is 254 Å². The molecule has 0 saturated carbocycles. The minimum atomic E-state index is -0.469. The fourth-order valence-corrected chi connectivity index (χ4v) is 7.91. The number of morpholine rings is 3. The van der Waals surface area contributed by atoms with E-state index < -0.39 is 9.85 Å². The number of nitro groups is 3. The first kappa shape index (κ1) is 57.1. The van der Waals surface area contributed by atoms with Crippen LogP contribution in [0, 0.1) is 55.0 Å². The number of nitro benzene ring substituents is 3. The largest absolute Gasteiger partial charge is 0.399 e. The molecule has 0 amide bonds. The Balaban J connectivity index is 0.000000199. The molecule has 4 aromatic rings. The molecule has 0 bridgehead atoms. The number of halogens is 1. The van der Waals surface area contributed by atoms with E-state index in [0.717, 1.165) is 101 Å². The van der Waals surface area contributed by atoms with Crippen LogP contribution in [0.1, 0.15) is 35.1 Å². The molecular weight excluding hydrogens is 933 g/mol. The van der Waals surface area contributed by atoms with Gasteiger partial charge in [-0.15, -0.1) is 24.7 Å². The van der Waals surface area contributed by atoms with Gasteiger partial charge in [0.1, 0.15) is 7.85 Å². The van der Waals surface area contributed by atoms with Crippen molar-refractivity contribution in [1.29, 1.82) is 0 Å². The van der Waals surface area contributed by atoms with E-state index in [1.807, 2.05) is 18.2 Å². The number of hydrogen-bond donors (Lipinski definition) is 3. The standard InChI is InChI=1S/C13H14N2O3.C12H17N3O3.C12H19N3O.C9H6ClNO2.C4H7BO/c1-2-3-11-10-12(4-5-13(11)15(16)17)14-6-8-18-9-7-14;13-4-3-10-9-11(1-2-12(10)15(16)17)14-5-7-18-8-6-14;13-4-3-10-9-11(1-2-12(10)14)15-5-7-16-8-6-15;1-2-3-7-6-8(10)4-5-9(7)11(12)13;5-4-2-1-3-6-4/h1,4-5,10H,3,6-9H2;1-2,9H,3-8,13H2;1-2,9H,3-8,13-14H2;1,4-6H,3H2;4H,1-3H2. The Morgan fingerprint density at radius 3 is 1.35 bits per heavy atom. The van der Waals surface area contributed by atoms with Gasteiger partial charge in [-0.1, -0.05) is 11.6 Å². The van der Waals surface area contributed by atoms with Crippen LogP contribution in [0.2, 0.25) is 5.02 Å². The molecule has 71 heavy (non-hydrogen) atoms. The molecule has 378 valence electrons. The second-order valence-corrected chi connectivity index (χ2v) is 16.7. The number of ether oxygens (including phenoxy) is 4. The fourth-order valence-electron chi connectivity index (χ4n) is 7.71. The Morgan fingerprint density at radius 2 is 0.972 bits per heavy atom. The molecule has 0 spiro atoms. The highest BCUT2D eigenvalue weighted by Gasteiger charge is 2.20. The average molecular weight is 996 g/mol. The lowest BCUT2D eigenvalue weighted by Gasteiger charge is -2.29. The molecule has 1 atom stereocenters. The maximum absolute atomic E-state index is 10.9. The van der Waals surface area contributed by atoms with Crippen LogP contribution in [-0.2, 0) is 44.6 Å². The van der Waals surface area contributed by atoms with Crippen LogP contribution < -0.4 is 31.9 Å². The van der Waals surface area contributed by atoms with Crippen molar-refractivity contribution < 1.29 is 33.7 Å². The van der Waals surface area contributed by atoms with Gasteiger partial charge in [0.15, 0.2) is 0 Å². The Kier molecular flexibility index (Phi) is 24.9. The molecule has 0 aromatic heterocycles. The van der Waals surface area contributed by atoms with Crippen molar-refractivity contribution in [2.45, 2.75) is 44.5 Å². The molecule has 2 radical (unpaired) electrons. The van der Waals surface area contributed by atoms with E-state index in [4.69, 9.17) is 68.4 Å². The Labute approximate surface area is 421 Å². The van der Waals surface area contributed by atoms with Gasteiger partial charge >= 0.3 is 0 Å². The van der Waals surface area contributed by atoms with Crippen LogP contribution in [-0.4, -0.2) is 127 Å². The first-order valence-corrected chi connectivity index (χ1v) is 23.7. The van der Waals surface area contributed by atoms with E-state index in [1.54, 1.807) is 18.2 Å². The van der Waals surface area contributed by atoms with Crippen LogP contribution in [0.3, 0.4) is 0 Å². The summed E-state index contributed by atoms with van der Waals surface area (Å²) in [5.41, 5.74) is 24.2. The minimum absolute atomic E-state index is 0.0161. The third-order valence-electron chi connectivity index (χ3n) is 11.4. The van der Waals surface area contributed by atoms with E-state index in [-0.39, 0.29) is 40.8 Å². The van der Waals surface area contributed by atoms with Crippen molar-refractivity contribution in [2.75, 3.05) is 119 Å². The van der Waals surface area contributed by atoms with E-state index in [2.05, 4.69) is 38.7 Å². The number of nitrogens with zero attached hydrogens (tertiary/aromatic N) is 6. The van der Waals surface area contributed by atoms with Gasteiger partial charge in [0, 0.05) is 127 Å². The maximum atomic E-state index is 10.9. The van der Waals surface area contributed by atoms with Crippen molar-refractivity contribution in [3.63, 3.8) is 0 Å². The summed E-state index contributed by atoms with van der Waals surface area (Å²) in [5.74, 6) is 4.81. The summed E-state index contributed by atoms with van der Waals surface area (Å²) in [6.07, 6.45) is 14.3. The molecule has 19 nitrogen and oxygen atoms in total. The Hall–Kier alpha value is -6.49. The van der Waals surface area contributed by atoms with Crippen molar-refractivity contribution in [2.24, 2.45) is 11.5 Å². The maximum Gasteiger partial charge on any atom is 0.273 e. The molecule has 4 aromatic carbocycles. The number of rotatable bonds is 12. The van der Waals surface area contributed by atoms with Gasteiger partial charge in [0.25, 0.3) is 17.1 Å². The zero-order valence-electron chi connectivity index (χ0n) is 40.0. The summed E-state index contributed by atoms with van der Waals surface area (Å²) in [5, 5.41) is 32.8. The van der Waals surface area contributed by atoms with Gasteiger partial charge in [-0.2, -0.15) is 0 Å². The van der Waals surface area contributed by atoms with Crippen LogP contribution in [0.4, 0.5) is 39.8 Å². The normalized spacial score (nSPS) is 16.1. The summed E-state index contributed by atoms with van der Waals surface area (Å²) >= 11 is 5.67. The van der Waals surface area contributed by atoms with Gasteiger partial charge < -0.3 is 50.8 Å². The zero-order chi connectivity index (χ0) is 51.5. The summed E-state index contributed by atoms with van der Waals surface area (Å²) in [4.78, 5) is 37.7. The third kappa shape index (κ3) is 19.0. The average Bonchev–Trinajstić information content (AvgIpc) is 3.87. The van der Waals surface area contributed by atoms with Gasteiger partial charge in [-0.05, 0) is 98.9 Å². The number of anilines is 4. The lowest BCUT2D eigenvalue weighted by Crippen LogP contribution is -2.36. The van der Waals surface area contributed by atoms with Crippen LogP contribution >= 0.6 is 11.6 Å². The van der Waals surface area contributed by atoms with Gasteiger partial charge in [0.2, 0.25) is 0 Å². The molecule has 4 aliphatic heterocycles. The first-order valence-electron chi connectivity index (χ1n) is 23.3. The summed E-state index contributed by atoms with van der Waals surface area (Å²) in [6, 6.07) is 20.9. The minimum Gasteiger partial charge on any atom is -0.399 e. The second-order valence-electron chi connectivity index (χ2n) is 16.2. The molecule has 4 aliphatic rings. The van der Waals surface area contributed by atoms with Crippen LogP contribution in [0.15, 0.2) is 72.8 Å².